The van der Waals surface area contributed by atoms with E-state index in [4.69, 9.17) is 11.6 Å². The Bertz CT molecular complexity index is 362. The van der Waals surface area contributed by atoms with E-state index >= 15 is 0 Å². The van der Waals surface area contributed by atoms with Gasteiger partial charge in [-0.05, 0) is 39.9 Å². The van der Waals surface area contributed by atoms with Gasteiger partial charge in [-0.1, -0.05) is 25.4 Å². The fourth-order valence-electron chi connectivity index (χ4n) is 2.17. The van der Waals surface area contributed by atoms with E-state index < -0.39 is 0 Å². The maximum Gasteiger partial charge on any atom is 0.0817 e. The number of hydrogen-bond acceptors (Lipinski definition) is 3. The second-order valence-corrected chi connectivity index (χ2v) is 5.57. The van der Waals surface area contributed by atoms with Gasteiger partial charge in [0.25, 0.3) is 0 Å². The highest BCUT2D eigenvalue weighted by Crippen LogP contribution is 2.18. The summed E-state index contributed by atoms with van der Waals surface area (Å²) in [6, 6.07) is 0.568. The van der Waals surface area contributed by atoms with Crippen molar-refractivity contribution in [2.24, 2.45) is 0 Å². The Labute approximate surface area is 122 Å². The first-order chi connectivity index (χ1) is 9.08. The molecule has 0 spiro atoms. The van der Waals surface area contributed by atoms with Crippen LogP contribution in [0.4, 0.5) is 0 Å². The molecule has 0 fully saturated rings. The summed E-state index contributed by atoms with van der Waals surface area (Å²) in [5.74, 6) is 0. The van der Waals surface area contributed by atoms with Gasteiger partial charge in [0.05, 0.1) is 23.5 Å². The monoisotopic (exact) mass is 286 g/mol. The highest BCUT2D eigenvalue weighted by atomic mass is 35.5. The Hall–Kier alpha value is -0.580. The Morgan fingerprint density at radius 2 is 2.16 bits per heavy atom. The molecule has 19 heavy (non-hydrogen) atoms. The predicted octanol–water partition coefficient (Wildman–Crippen LogP) is 2.42. The Morgan fingerprint density at radius 3 is 2.74 bits per heavy atom. The number of aromatic nitrogens is 2. The van der Waals surface area contributed by atoms with Crippen LogP contribution >= 0.6 is 11.6 Å². The van der Waals surface area contributed by atoms with Crippen LogP contribution in [0.15, 0.2) is 6.20 Å². The van der Waals surface area contributed by atoms with E-state index in [1.54, 1.807) is 6.20 Å². The zero-order valence-corrected chi connectivity index (χ0v) is 13.4. The van der Waals surface area contributed by atoms with Crippen LogP contribution in [-0.2, 0) is 13.0 Å². The van der Waals surface area contributed by atoms with E-state index in [2.05, 4.69) is 43.3 Å². The zero-order chi connectivity index (χ0) is 14.3. The van der Waals surface area contributed by atoms with Crippen molar-refractivity contribution in [1.29, 1.82) is 0 Å². The molecule has 0 aliphatic carbocycles. The third kappa shape index (κ3) is 5.51. The van der Waals surface area contributed by atoms with Crippen molar-refractivity contribution in [3.05, 3.63) is 16.9 Å². The van der Waals surface area contributed by atoms with Crippen molar-refractivity contribution >= 4 is 11.6 Å². The molecule has 0 aliphatic rings. The van der Waals surface area contributed by atoms with Gasteiger partial charge in [0.2, 0.25) is 0 Å². The molecule has 0 saturated heterocycles. The van der Waals surface area contributed by atoms with Gasteiger partial charge < -0.3 is 10.2 Å². The lowest BCUT2D eigenvalue weighted by molar-refractivity contribution is 0.367. The molecule has 1 rings (SSSR count). The van der Waals surface area contributed by atoms with Crippen LogP contribution in [0.3, 0.4) is 0 Å². The van der Waals surface area contributed by atoms with E-state index in [0.29, 0.717) is 6.04 Å². The van der Waals surface area contributed by atoms with Crippen LogP contribution in [-0.4, -0.2) is 47.9 Å². The van der Waals surface area contributed by atoms with Gasteiger partial charge in [-0.15, -0.1) is 0 Å². The van der Waals surface area contributed by atoms with Crippen molar-refractivity contribution in [1.82, 2.24) is 20.0 Å². The average molecular weight is 287 g/mol. The van der Waals surface area contributed by atoms with Crippen molar-refractivity contribution < 1.29 is 0 Å². The van der Waals surface area contributed by atoms with Crippen LogP contribution in [0.25, 0.3) is 0 Å². The molecule has 1 unspecified atom stereocenters. The maximum absolute atomic E-state index is 6.25. The van der Waals surface area contributed by atoms with E-state index in [-0.39, 0.29) is 0 Å². The number of halogens is 1. The van der Waals surface area contributed by atoms with Crippen LogP contribution < -0.4 is 5.32 Å². The number of hydrogen-bond donors (Lipinski definition) is 1. The van der Waals surface area contributed by atoms with Crippen molar-refractivity contribution in [3.63, 3.8) is 0 Å². The first-order valence-electron chi connectivity index (χ1n) is 7.16. The summed E-state index contributed by atoms with van der Waals surface area (Å²) in [6.45, 7) is 7.27. The molecule has 0 aromatic carbocycles. The largest absolute Gasteiger partial charge is 0.314 e. The van der Waals surface area contributed by atoms with Gasteiger partial charge in [0.1, 0.15) is 0 Å². The molecule has 1 N–H and O–H groups in total. The van der Waals surface area contributed by atoms with Crippen LogP contribution in [0, 0.1) is 0 Å². The minimum atomic E-state index is 0.568. The quantitative estimate of drug-likeness (QED) is 0.757. The third-order valence-electron chi connectivity index (χ3n) is 3.37. The van der Waals surface area contributed by atoms with Gasteiger partial charge >= 0.3 is 0 Å². The summed E-state index contributed by atoms with van der Waals surface area (Å²) in [5.41, 5.74) is 1.17. The smallest absolute Gasteiger partial charge is 0.0817 e. The first kappa shape index (κ1) is 16.5. The normalized spacial score (nSPS) is 13.2. The highest BCUT2D eigenvalue weighted by Gasteiger charge is 2.12. The van der Waals surface area contributed by atoms with Gasteiger partial charge in [-0.3, -0.25) is 4.68 Å². The van der Waals surface area contributed by atoms with E-state index in [1.807, 2.05) is 4.68 Å². The lowest BCUT2D eigenvalue weighted by Crippen LogP contribution is -2.29. The number of nitrogens with one attached hydrogen (secondary N) is 1. The molecule has 1 atom stereocenters. The zero-order valence-electron chi connectivity index (χ0n) is 12.6. The lowest BCUT2D eigenvalue weighted by atomic mass is 10.1. The van der Waals surface area contributed by atoms with Gasteiger partial charge in [0.15, 0.2) is 0 Å². The molecule has 0 aliphatic heterocycles. The topological polar surface area (TPSA) is 33.1 Å². The molecule has 1 heterocycles. The Kier molecular flexibility index (Phi) is 7.42. The summed E-state index contributed by atoms with van der Waals surface area (Å²) >= 11 is 6.25. The second kappa shape index (κ2) is 8.56. The maximum atomic E-state index is 6.25. The highest BCUT2D eigenvalue weighted by molar-refractivity contribution is 6.31. The summed E-state index contributed by atoms with van der Waals surface area (Å²) < 4.78 is 2.04. The minimum absolute atomic E-state index is 0.568. The lowest BCUT2D eigenvalue weighted by Gasteiger charge is -2.17. The summed E-state index contributed by atoms with van der Waals surface area (Å²) in [7, 11) is 4.14. The number of likely N-dealkylation sites (N-methyl/N-ethyl adjacent to an activating group) is 1. The van der Waals surface area contributed by atoms with E-state index in [1.165, 1.54) is 5.69 Å². The van der Waals surface area contributed by atoms with Crippen molar-refractivity contribution in [2.45, 2.75) is 45.7 Å². The van der Waals surface area contributed by atoms with E-state index in [9.17, 15) is 0 Å². The SMILES string of the molecule is CCNC(CC)CCc1c(Cl)cnn1CCN(C)C. The fourth-order valence-corrected chi connectivity index (χ4v) is 2.41. The third-order valence-corrected chi connectivity index (χ3v) is 3.69. The standard InChI is InChI=1S/C14H27ClN4/c1-5-12(16-6-2)7-8-14-13(15)11-17-19(14)10-9-18(3)4/h11-12,16H,5-10H2,1-4H3. The molecule has 1 aromatic rings. The molecular weight excluding hydrogens is 260 g/mol. The molecule has 4 nitrogen and oxygen atoms in total. The van der Waals surface area contributed by atoms with E-state index in [0.717, 1.165) is 43.9 Å². The minimum Gasteiger partial charge on any atom is -0.314 e. The fraction of sp³-hybridized carbons (Fsp3) is 0.786. The first-order valence-corrected chi connectivity index (χ1v) is 7.54. The number of nitrogens with zero attached hydrogens (tertiary/aromatic N) is 3. The van der Waals surface area contributed by atoms with Crippen LogP contribution in [0.5, 0.6) is 0 Å². The van der Waals surface area contributed by atoms with Crippen LogP contribution in [0.2, 0.25) is 5.02 Å². The number of rotatable bonds is 9. The molecule has 5 heteroatoms. The Morgan fingerprint density at radius 1 is 1.42 bits per heavy atom. The summed E-state index contributed by atoms with van der Waals surface area (Å²) in [4.78, 5) is 2.16. The molecule has 0 saturated carbocycles. The molecule has 0 bridgehead atoms. The average Bonchev–Trinajstić information content (AvgIpc) is 2.73. The second-order valence-electron chi connectivity index (χ2n) is 5.17. The van der Waals surface area contributed by atoms with Crippen LogP contribution in [0.1, 0.15) is 32.4 Å². The van der Waals surface area contributed by atoms with Crippen molar-refractivity contribution in [3.8, 4) is 0 Å². The predicted molar refractivity (Wildman–Crippen MR) is 81.9 cm³/mol. The molecule has 0 amide bonds. The summed E-state index contributed by atoms with van der Waals surface area (Å²) in [6.07, 6.45) is 5.01. The molecular formula is C14H27ClN4. The summed E-state index contributed by atoms with van der Waals surface area (Å²) in [5, 5.41) is 8.67. The molecule has 1 aromatic heterocycles. The van der Waals surface area contributed by atoms with Gasteiger partial charge in [-0.25, -0.2) is 0 Å². The molecule has 0 radical (unpaired) electrons. The molecule has 110 valence electrons. The van der Waals surface area contributed by atoms with Gasteiger partial charge in [0, 0.05) is 12.6 Å². The van der Waals surface area contributed by atoms with Gasteiger partial charge in [-0.2, -0.15) is 5.10 Å². The Balaban J connectivity index is 2.58. The van der Waals surface area contributed by atoms with Crippen molar-refractivity contribution in [2.75, 3.05) is 27.2 Å².